The number of allylic oxidation sites excluding steroid dienone is 1. The van der Waals surface area contributed by atoms with Gasteiger partial charge in [-0.1, -0.05) is 17.7 Å². The van der Waals surface area contributed by atoms with Crippen molar-refractivity contribution >= 4 is 27.5 Å². The van der Waals surface area contributed by atoms with Crippen LogP contribution in [0.15, 0.2) is 29.4 Å². The Kier molecular flexibility index (Phi) is 4.98. The fourth-order valence-corrected chi connectivity index (χ4v) is 1.66. The van der Waals surface area contributed by atoms with Crippen LogP contribution in [0.2, 0.25) is 5.02 Å². The number of unbranched alkanes of at least 4 members (excludes halogenated alkanes) is 1. The van der Waals surface area contributed by atoms with Gasteiger partial charge in [0.2, 0.25) is 5.88 Å². The molecule has 0 aliphatic carbocycles. The van der Waals surface area contributed by atoms with Gasteiger partial charge in [0.15, 0.2) is 0 Å². The number of pyridine rings is 1. The first-order valence-corrected chi connectivity index (χ1v) is 5.46. The SMILES string of the molecule is C=CCCCOc1ncc(Cl)cc1Br. The van der Waals surface area contributed by atoms with Crippen LogP contribution < -0.4 is 4.74 Å². The van der Waals surface area contributed by atoms with Crippen molar-refractivity contribution in [2.45, 2.75) is 12.8 Å². The summed E-state index contributed by atoms with van der Waals surface area (Å²) >= 11 is 9.06. The molecule has 0 aliphatic rings. The molecule has 1 aromatic rings. The van der Waals surface area contributed by atoms with Gasteiger partial charge in [-0.2, -0.15) is 0 Å². The second-order valence-electron chi connectivity index (χ2n) is 2.72. The number of hydrogen-bond acceptors (Lipinski definition) is 2. The van der Waals surface area contributed by atoms with E-state index in [0.717, 1.165) is 17.3 Å². The van der Waals surface area contributed by atoms with Crippen molar-refractivity contribution in [2.75, 3.05) is 6.61 Å². The Bertz CT molecular complexity index is 317. The number of halogens is 2. The van der Waals surface area contributed by atoms with E-state index < -0.39 is 0 Å². The molecule has 1 aromatic heterocycles. The van der Waals surface area contributed by atoms with Crippen LogP contribution in [0.5, 0.6) is 5.88 Å². The Morgan fingerprint density at radius 1 is 1.64 bits per heavy atom. The van der Waals surface area contributed by atoms with E-state index in [1.54, 1.807) is 12.3 Å². The van der Waals surface area contributed by atoms with E-state index in [0.29, 0.717) is 17.5 Å². The van der Waals surface area contributed by atoms with E-state index in [1.807, 2.05) is 6.08 Å². The van der Waals surface area contributed by atoms with Crippen LogP contribution in [0.1, 0.15) is 12.8 Å². The zero-order chi connectivity index (χ0) is 10.4. The first-order chi connectivity index (χ1) is 6.74. The third kappa shape index (κ3) is 3.68. The summed E-state index contributed by atoms with van der Waals surface area (Å²) in [5, 5.41) is 0.593. The minimum Gasteiger partial charge on any atom is -0.477 e. The Morgan fingerprint density at radius 2 is 2.43 bits per heavy atom. The van der Waals surface area contributed by atoms with Gasteiger partial charge in [-0.25, -0.2) is 4.98 Å². The molecule has 0 saturated heterocycles. The minimum absolute atomic E-state index is 0.582. The van der Waals surface area contributed by atoms with Crippen LogP contribution in [0, 0.1) is 0 Å². The normalized spacial score (nSPS) is 9.86. The molecule has 76 valence electrons. The average Bonchev–Trinajstić information content (AvgIpc) is 2.15. The Labute approximate surface area is 97.1 Å². The lowest BCUT2D eigenvalue weighted by Gasteiger charge is -2.05. The summed E-state index contributed by atoms with van der Waals surface area (Å²) < 4.78 is 6.21. The largest absolute Gasteiger partial charge is 0.477 e. The summed E-state index contributed by atoms with van der Waals surface area (Å²) in [5.74, 6) is 0.582. The van der Waals surface area contributed by atoms with Crippen LogP contribution >= 0.6 is 27.5 Å². The standard InChI is InChI=1S/C10H11BrClNO/c1-2-3-4-5-14-10-9(11)6-8(12)7-13-10/h2,6-7H,1,3-5H2. The molecule has 0 spiro atoms. The molecule has 0 bridgehead atoms. The Balaban J connectivity index is 2.46. The van der Waals surface area contributed by atoms with Gasteiger partial charge < -0.3 is 4.74 Å². The van der Waals surface area contributed by atoms with Gasteiger partial charge in [-0.3, -0.25) is 0 Å². The molecule has 1 heterocycles. The van der Waals surface area contributed by atoms with Gasteiger partial charge >= 0.3 is 0 Å². The molecule has 0 aromatic carbocycles. The Morgan fingerprint density at radius 3 is 3.07 bits per heavy atom. The molecular weight excluding hydrogens is 265 g/mol. The van der Waals surface area contributed by atoms with Crippen molar-refractivity contribution < 1.29 is 4.74 Å². The predicted octanol–water partition coefficient (Wildman–Crippen LogP) is 3.84. The lowest BCUT2D eigenvalue weighted by atomic mass is 10.3. The first-order valence-electron chi connectivity index (χ1n) is 4.29. The van der Waals surface area contributed by atoms with Crippen molar-refractivity contribution in [1.82, 2.24) is 4.98 Å². The topological polar surface area (TPSA) is 22.1 Å². The third-order valence-corrected chi connectivity index (χ3v) is 2.34. The van der Waals surface area contributed by atoms with Gasteiger partial charge in [0.1, 0.15) is 0 Å². The zero-order valence-electron chi connectivity index (χ0n) is 7.67. The molecular formula is C10H11BrClNO. The van der Waals surface area contributed by atoms with E-state index >= 15 is 0 Å². The molecule has 0 atom stereocenters. The van der Waals surface area contributed by atoms with E-state index in [2.05, 4.69) is 27.5 Å². The monoisotopic (exact) mass is 275 g/mol. The smallest absolute Gasteiger partial charge is 0.228 e. The summed E-state index contributed by atoms with van der Waals surface area (Å²) in [4.78, 5) is 4.05. The molecule has 0 fully saturated rings. The molecule has 0 unspecified atom stereocenters. The lowest BCUT2D eigenvalue weighted by Crippen LogP contribution is -1.99. The molecule has 4 heteroatoms. The van der Waals surface area contributed by atoms with Crippen molar-refractivity contribution in [3.63, 3.8) is 0 Å². The van der Waals surface area contributed by atoms with Crippen molar-refractivity contribution in [2.24, 2.45) is 0 Å². The number of ether oxygens (including phenoxy) is 1. The highest BCUT2D eigenvalue weighted by atomic mass is 79.9. The van der Waals surface area contributed by atoms with Crippen molar-refractivity contribution in [3.05, 3.63) is 34.4 Å². The van der Waals surface area contributed by atoms with Crippen LogP contribution in [0.25, 0.3) is 0 Å². The predicted molar refractivity (Wildman–Crippen MR) is 61.9 cm³/mol. The van der Waals surface area contributed by atoms with E-state index in [-0.39, 0.29) is 0 Å². The van der Waals surface area contributed by atoms with Gasteiger partial charge in [0.25, 0.3) is 0 Å². The molecule has 0 amide bonds. The number of rotatable bonds is 5. The van der Waals surface area contributed by atoms with Crippen molar-refractivity contribution in [1.29, 1.82) is 0 Å². The van der Waals surface area contributed by atoms with Gasteiger partial charge in [-0.15, -0.1) is 6.58 Å². The Hall–Kier alpha value is -0.540. The van der Waals surface area contributed by atoms with E-state index in [9.17, 15) is 0 Å². The zero-order valence-corrected chi connectivity index (χ0v) is 10.0. The van der Waals surface area contributed by atoms with Gasteiger partial charge in [0.05, 0.1) is 16.1 Å². The summed E-state index contributed by atoms with van der Waals surface area (Å²) in [6.07, 6.45) is 5.33. The molecule has 0 saturated carbocycles. The maximum absolute atomic E-state index is 5.74. The second-order valence-corrected chi connectivity index (χ2v) is 4.01. The minimum atomic E-state index is 0.582. The summed E-state index contributed by atoms with van der Waals surface area (Å²) in [5.41, 5.74) is 0. The highest BCUT2D eigenvalue weighted by molar-refractivity contribution is 9.10. The van der Waals surface area contributed by atoms with Gasteiger partial charge in [0, 0.05) is 6.20 Å². The maximum Gasteiger partial charge on any atom is 0.228 e. The number of aromatic nitrogens is 1. The fraction of sp³-hybridized carbons (Fsp3) is 0.300. The fourth-order valence-electron chi connectivity index (χ4n) is 0.905. The molecule has 14 heavy (non-hydrogen) atoms. The van der Waals surface area contributed by atoms with Crippen LogP contribution in [0.3, 0.4) is 0 Å². The van der Waals surface area contributed by atoms with Crippen LogP contribution in [-0.2, 0) is 0 Å². The quantitative estimate of drug-likeness (QED) is 0.602. The number of nitrogens with zero attached hydrogens (tertiary/aromatic N) is 1. The summed E-state index contributed by atoms with van der Waals surface area (Å²) in [7, 11) is 0. The lowest BCUT2D eigenvalue weighted by molar-refractivity contribution is 0.298. The van der Waals surface area contributed by atoms with Gasteiger partial charge in [-0.05, 0) is 34.8 Å². The second kappa shape index (κ2) is 6.04. The van der Waals surface area contributed by atoms with Crippen LogP contribution in [0.4, 0.5) is 0 Å². The third-order valence-electron chi connectivity index (χ3n) is 1.57. The molecule has 0 N–H and O–H groups in total. The highest BCUT2D eigenvalue weighted by Crippen LogP contribution is 2.25. The van der Waals surface area contributed by atoms with E-state index in [4.69, 9.17) is 16.3 Å². The summed E-state index contributed by atoms with van der Waals surface area (Å²) in [6.45, 7) is 4.27. The van der Waals surface area contributed by atoms with Crippen LogP contribution in [-0.4, -0.2) is 11.6 Å². The first kappa shape index (κ1) is 11.5. The van der Waals surface area contributed by atoms with Crippen molar-refractivity contribution in [3.8, 4) is 5.88 Å². The van der Waals surface area contributed by atoms with E-state index in [1.165, 1.54) is 0 Å². The summed E-state index contributed by atoms with van der Waals surface area (Å²) in [6, 6.07) is 1.76. The average molecular weight is 277 g/mol. The molecule has 0 aliphatic heterocycles. The maximum atomic E-state index is 5.74. The molecule has 1 rings (SSSR count). The molecule has 0 radical (unpaired) electrons. The molecule has 2 nitrogen and oxygen atoms in total. The highest BCUT2D eigenvalue weighted by Gasteiger charge is 2.02. The number of hydrogen-bond donors (Lipinski definition) is 0.